The van der Waals surface area contributed by atoms with Crippen molar-refractivity contribution in [3.63, 3.8) is 0 Å². The Balaban J connectivity index is 1.69. The molecular formula is C22H22F2N2O4S. The molecule has 1 saturated heterocycles. The fraction of sp³-hybridized carbons (Fsp3) is 0.409. The lowest BCUT2D eigenvalue weighted by molar-refractivity contribution is -0.161. The predicted molar refractivity (Wildman–Crippen MR) is 113 cm³/mol. The molecule has 2 N–H and O–H groups in total. The number of amides is 1. The Bertz CT molecular complexity index is 981. The average molecular weight is 448 g/mol. The molecule has 5 atom stereocenters. The predicted octanol–water partition coefficient (Wildman–Crippen LogP) is 3.72. The number of carboxylic acids is 1. The zero-order valence-corrected chi connectivity index (χ0v) is 17.6. The summed E-state index contributed by atoms with van der Waals surface area (Å²) in [4.78, 5) is 28.8. The van der Waals surface area contributed by atoms with Gasteiger partial charge in [-0.1, -0.05) is 36.9 Å². The van der Waals surface area contributed by atoms with Crippen molar-refractivity contribution < 1.29 is 28.2 Å². The molecule has 6 nitrogen and oxygen atoms in total. The third kappa shape index (κ3) is 4.16. The average Bonchev–Trinajstić information content (AvgIpc) is 2.73. The molecule has 0 radical (unpaired) electrons. The monoisotopic (exact) mass is 448 g/mol. The number of benzene rings is 1. The van der Waals surface area contributed by atoms with Gasteiger partial charge in [0.05, 0.1) is 6.61 Å². The van der Waals surface area contributed by atoms with Crippen molar-refractivity contribution >= 4 is 28.8 Å². The van der Waals surface area contributed by atoms with Crippen LogP contribution in [0.25, 0.3) is 0 Å². The van der Waals surface area contributed by atoms with Gasteiger partial charge in [0, 0.05) is 23.3 Å². The molecule has 164 valence electrons. The zero-order chi connectivity index (χ0) is 22.2. The van der Waals surface area contributed by atoms with Crippen LogP contribution in [0.15, 0.2) is 59.1 Å². The summed E-state index contributed by atoms with van der Waals surface area (Å²) in [5.41, 5.74) is -0.692. The molecule has 31 heavy (non-hydrogen) atoms. The van der Waals surface area contributed by atoms with E-state index in [-0.39, 0.29) is 24.9 Å². The van der Waals surface area contributed by atoms with E-state index in [9.17, 15) is 19.1 Å². The minimum absolute atomic E-state index is 0.133. The van der Waals surface area contributed by atoms with E-state index in [4.69, 9.17) is 9.73 Å². The summed E-state index contributed by atoms with van der Waals surface area (Å²) < 4.78 is 34.4. The van der Waals surface area contributed by atoms with Crippen molar-refractivity contribution in [1.82, 2.24) is 5.32 Å². The van der Waals surface area contributed by atoms with Gasteiger partial charge in [-0.2, -0.15) is 0 Å². The number of nitrogens with zero attached hydrogens (tertiary/aromatic N) is 1. The number of nitrogens with one attached hydrogen (secondary N) is 1. The van der Waals surface area contributed by atoms with Crippen molar-refractivity contribution in [3.8, 4) is 0 Å². The van der Waals surface area contributed by atoms with Crippen molar-refractivity contribution in [1.29, 1.82) is 0 Å². The Labute approximate surface area is 182 Å². The van der Waals surface area contributed by atoms with Gasteiger partial charge in [-0.25, -0.2) is 13.6 Å². The number of thioether (sulfide) groups is 1. The van der Waals surface area contributed by atoms with Gasteiger partial charge in [-0.15, -0.1) is 0 Å². The van der Waals surface area contributed by atoms with Crippen molar-refractivity contribution in [2.45, 2.75) is 25.0 Å². The molecular weight excluding hydrogens is 426 g/mol. The number of hydrogen-bond donors (Lipinski definition) is 2. The maximum atomic E-state index is 15.1. The molecule has 1 aromatic rings. The largest absolute Gasteiger partial charge is 0.479 e. The normalized spacial score (nSPS) is 32.8. The molecule has 0 bridgehead atoms. The number of aliphatic carboxylic acids is 1. The van der Waals surface area contributed by atoms with Crippen molar-refractivity contribution in [2.75, 3.05) is 12.4 Å². The number of allylic oxidation sites excluding steroid dienone is 3. The van der Waals surface area contributed by atoms with Gasteiger partial charge < -0.3 is 15.2 Å². The zero-order valence-electron chi connectivity index (χ0n) is 16.8. The maximum Gasteiger partial charge on any atom is 0.332 e. The lowest BCUT2D eigenvalue weighted by atomic mass is 9.65. The van der Waals surface area contributed by atoms with Gasteiger partial charge in [0.2, 0.25) is 0 Å². The third-order valence-electron chi connectivity index (χ3n) is 6.04. The van der Waals surface area contributed by atoms with Crippen LogP contribution in [-0.2, 0) is 9.53 Å². The second-order valence-corrected chi connectivity index (χ2v) is 9.04. The Morgan fingerprint density at radius 2 is 2.03 bits per heavy atom. The first-order valence-corrected chi connectivity index (χ1v) is 11.0. The molecule has 0 aromatic heterocycles. The molecule has 1 amide bonds. The molecule has 2 heterocycles. The molecule has 2 aliphatic heterocycles. The first-order chi connectivity index (χ1) is 14.8. The summed E-state index contributed by atoms with van der Waals surface area (Å²) >= 11 is 1.29. The van der Waals surface area contributed by atoms with Crippen molar-refractivity contribution in [3.05, 3.63) is 59.7 Å². The molecule has 1 fully saturated rings. The quantitative estimate of drug-likeness (QED) is 0.736. The fourth-order valence-corrected chi connectivity index (χ4v) is 5.77. The van der Waals surface area contributed by atoms with Gasteiger partial charge in [0.1, 0.15) is 17.2 Å². The van der Waals surface area contributed by atoms with Crippen LogP contribution in [0, 0.1) is 17.8 Å². The lowest BCUT2D eigenvalue weighted by Crippen LogP contribution is -2.59. The number of hydrogen-bond acceptors (Lipinski definition) is 5. The minimum atomic E-state index is -1.15. The van der Waals surface area contributed by atoms with Crippen LogP contribution in [0.4, 0.5) is 8.78 Å². The first kappa shape index (κ1) is 21.7. The number of carboxylic acid groups (broad SMARTS) is 1. The Morgan fingerprint density at radius 1 is 1.29 bits per heavy atom. The molecule has 3 aliphatic rings. The van der Waals surface area contributed by atoms with Crippen LogP contribution < -0.4 is 5.32 Å². The van der Waals surface area contributed by atoms with E-state index >= 15 is 4.39 Å². The first-order valence-electron chi connectivity index (χ1n) is 9.98. The highest BCUT2D eigenvalue weighted by Gasteiger charge is 2.56. The molecule has 0 saturated carbocycles. The Hall–Kier alpha value is -2.52. The van der Waals surface area contributed by atoms with Gasteiger partial charge in [-0.05, 0) is 36.5 Å². The van der Waals surface area contributed by atoms with Gasteiger partial charge >= 0.3 is 5.97 Å². The number of carbonyl (C=O) groups is 2. The van der Waals surface area contributed by atoms with Crippen LogP contribution in [0.3, 0.4) is 0 Å². The summed E-state index contributed by atoms with van der Waals surface area (Å²) in [6, 6.07) is 8.63. The Kier molecular flexibility index (Phi) is 5.98. The molecule has 9 heteroatoms. The van der Waals surface area contributed by atoms with E-state index < -0.39 is 41.1 Å². The van der Waals surface area contributed by atoms with E-state index in [1.165, 1.54) is 17.8 Å². The second kappa shape index (κ2) is 8.55. The summed E-state index contributed by atoms with van der Waals surface area (Å²) in [5.74, 6) is -3.95. The number of amidine groups is 1. The van der Waals surface area contributed by atoms with Crippen molar-refractivity contribution in [2.24, 2.45) is 22.7 Å². The van der Waals surface area contributed by atoms with Crippen LogP contribution in [-0.4, -0.2) is 46.2 Å². The summed E-state index contributed by atoms with van der Waals surface area (Å²) in [6.45, 7) is 1.57. The van der Waals surface area contributed by atoms with Gasteiger partial charge in [0.15, 0.2) is 11.3 Å². The number of halogens is 2. The molecule has 1 aromatic carbocycles. The Morgan fingerprint density at radius 3 is 2.71 bits per heavy atom. The highest BCUT2D eigenvalue weighted by atomic mass is 32.2. The van der Waals surface area contributed by atoms with Crippen LogP contribution in [0.1, 0.15) is 23.7 Å². The highest BCUT2D eigenvalue weighted by Crippen LogP contribution is 2.50. The second-order valence-electron chi connectivity index (χ2n) is 8.03. The molecule has 2 unspecified atom stereocenters. The van der Waals surface area contributed by atoms with E-state index in [2.05, 4.69) is 5.32 Å². The minimum Gasteiger partial charge on any atom is -0.479 e. The molecule has 1 aliphatic carbocycles. The van der Waals surface area contributed by atoms with Crippen LogP contribution in [0.2, 0.25) is 0 Å². The van der Waals surface area contributed by atoms with Crippen LogP contribution in [0.5, 0.6) is 0 Å². The van der Waals surface area contributed by atoms with E-state index in [0.717, 1.165) is 6.08 Å². The van der Waals surface area contributed by atoms with E-state index in [1.54, 1.807) is 37.3 Å². The number of rotatable bonds is 3. The van der Waals surface area contributed by atoms with Crippen LogP contribution >= 0.6 is 11.8 Å². The van der Waals surface area contributed by atoms with E-state index in [1.807, 2.05) is 0 Å². The number of aliphatic imine (C=N–C) groups is 1. The number of ether oxygens (including phenoxy) is 1. The fourth-order valence-electron chi connectivity index (χ4n) is 4.59. The third-order valence-corrected chi connectivity index (χ3v) is 7.08. The number of carbonyl (C=O) groups excluding carboxylic acids is 1. The van der Waals surface area contributed by atoms with Gasteiger partial charge in [0.25, 0.3) is 5.91 Å². The standard InChI is InChI=1S/C22H22F2N2O4S/c1-12-7-15(23)9-16(24)18(12)22-11-30-17(20(28)29)8-14(22)10-31-21(26-22)25-19(27)13-5-3-2-4-6-13/h2-7,9,12,14,17-18H,8,10-11H2,1H3,(H,28,29)(H,25,26,27)/t12?,14-,17+,18?,22-/m0/s1. The lowest BCUT2D eigenvalue weighted by Gasteiger charge is -2.50. The summed E-state index contributed by atoms with van der Waals surface area (Å²) in [7, 11) is 0. The summed E-state index contributed by atoms with van der Waals surface area (Å²) in [6.07, 6.45) is 1.34. The topological polar surface area (TPSA) is 88.0 Å². The maximum absolute atomic E-state index is 15.1. The smallest absolute Gasteiger partial charge is 0.332 e. The highest BCUT2D eigenvalue weighted by molar-refractivity contribution is 8.13. The van der Waals surface area contributed by atoms with Gasteiger partial charge in [-0.3, -0.25) is 9.79 Å². The SMILES string of the molecule is CC1C=C(F)C=C(F)C1[C@]12CO[C@@H](C(=O)O)C[C@H]1CSC(NC(=O)c1ccccc1)=N2. The molecule has 4 rings (SSSR count). The molecule has 0 spiro atoms. The summed E-state index contributed by atoms with van der Waals surface area (Å²) in [5, 5.41) is 12.5. The number of fused-ring (bicyclic) bond motifs is 1. The van der Waals surface area contributed by atoms with E-state index in [0.29, 0.717) is 16.5 Å².